The molecule has 20 heavy (non-hydrogen) atoms. The van der Waals surface area contributed by atoms with E-state index < -0.39 is 0 Å². The molecule has 0 saturated heterocycles. The number of halogens is 1. The number of rotatable bonds is 8. The lowest BCUT2D eigenvalue weighted by molar-refractivity contribution is 0.497. The van der Waals surface area contributed by atoms with Gasteiger partial charge in [-0.1, -0.05) is 55.8 Å². The summed E-state index contributed by atoms with van der Waals surface area (Å²) in [5, 5.41) is 0.819. The molecule has 0 fully saturated rings. The monoisotopic (exact) mass is 290 g/mol. The molecule has 0 aromatic heterocycles. The first-order valence-electron chi connectivity index (χ1n) is 7.55. The predicted octanol–water partition coefficient (Wildman–Crippen LogP) is 6.82. The Bertz CT molecular complexity index is 471. The van der Waals surface area contributed by atoms with Crippen molar-refractivity contribution >= 4 is 17.2 Å². The van der Waals surface area contributed by atoms with Gasteiger partial charge < -0.3 is 0 Å². The minimum absolute atomic E-state index is 0.654. The molecular formula is C19H27Cl. The summed E-state index contributed by atoms with van der Waals surface area (Å²) in [6.07, 6.45) is 5.83. The molecule has 1 rings (SSSR count). The van der Waals surface area contributed by atoms with Crippen LogP contribution in [-0.4, -0.2) is 0 Å². The molecular weight excluding hydrogens is 264 g/mol. The molecule has 0 aliphatic carbocycles. The van der Waals surface area contributed by atoms with Gasteiger partial charge in [-0.05, 0) is 68.2 Å². The largest absolute Gasteiger partial charge is 0.0999 e. The van der Waals surface area contributed by atoms with Crippen LogP contribution in [0.1, 0.15) is 57.1 Å². The third-order valence-corrected chi connectivity index (χ3v) is 4.18. The number of benzene rings is 1. The maximum atomic E-state index is 6.29. The van der Waals surface area contributed by atoms with E-state index in [-0.39, 0.29) is 0 Å². The van der Waals surface area contributed by atoms with E-state index in [1.165, 1.54) is 30.4 Å². The average molecular weight is 291 g/mol. The molecule has 0 aliphatic heterocycles. The fourth-order valence-corrected chi connectivity index (χ4v) is 2.96. The molecule has 0 spiro atoms. The van der Waals surface area contributed by atoms with Crippen molar-refractivity contribution in [3.8, 4) is 0 Å². The smallest absolute Gasteiger partial charge is 0.0483 e. The Hall–Kier alpha value is -1.01. The van der Waals surface area contributed by atoms with Crippen molar-refractivity contribution in [2.45, 2.75) is 52.9 Å². The van der Waals surface area contributed by atoms with Gasteiger partial charge in [0.05, 0.1) is 0 Å². The Balaban J connectivity index is 2.52. The van der Waals surface area contributed by atoms with Crippen molar-refractivity contribution < 1.29 is 0 Å². The molecule has 0 heterocycles. The van der Waals surface area contributed by atoms with E-state index in [9.17, 15) is 0 Å². The molecule has 1 heteroatoms. The van der Waals surface area contributed by atoms with Crippen molar-refractivity contribution in [2.75, 3.05) is 0 Å². The highest BCUT2D eigenvalue weighted by atomic mass is 35.5. The first kappa shape index (κ1) is 17.0. The molecule has 1 atom stereocenters. The molecule has 110 valence electrons. The van der Waals surface area contributed by atoms with E-state index in [1.807, 2.05) is 6.07 Å². The van der Waals surface area contributed by atoms with E-state index in [0.717, 1.165) is 29.0 Å². The summed E-state index contributed by atoms with van der Waals surface area (Å²) in [5.74, 6) is 0.654. The summed E-state index contributed by atoms with van der Waals surface area (Å²) in [5.41, 5.74) is 4.74. The van der Waals surface area contributed by atoms with E-state index >= 15 is 0 Å². The third kappa shape index (κ3) is 5.17. The Morgan fingerprint density at radius 1 is 1.25 bits per heavy atom. The topological polar surface area (TPSA) is 0 Å². The number of hydrogen-bond donors (Lipinski definition) is 0. The van der Waals surface area contributed by atoms with Crippen LogP contribution in [0.25, 0.3) is 5.57 Å². The van der Waals surface area contributed by atoms with Gasteiger partial charge in [0.1, 0.15) is 0 Å². The SMILES string of the molecule is C=C(CCCC(CCC)C(=C)C)c1ccc(C)cc1Cl. The van der Waals surface area contributed by atoms with Crippen LogP contribution in [0.3, 0.4) is 0 Å². The van der Waals surface area contributed by atoms with Gasteiger partial charge in [0, 0.05) is 5.02 Å². The van der Waals surface area contributed by atoms with Crippen LogP contribution >= 0.6 is 11.6 Å². The Labute approximate surface area is 129 Å². The normalized spacial score (nSPS) is 12.2. The summed E-state index contributed by atoms with van der Waals surface area (Å²) >= 11 is 6.29. The van der Waals surface area contributed by atoms with Crippen LogP contribution < -0.4 is 0 Å². The van der Waals surface area contributed by atoms with E-state index in [0.29, 0.717) is 5.92 Å². The van der Waals surface area contributed by atoms with Crippen LogP contribution in [0.5, 0.6) is 0 Å². The minimum atomic E-state index is 0.654. The molecule has 1 aromatic carbocycles. The lowest BCUT2D eigenvalue weighted by Gasteiger charge is -2.16. The molecule has 0 aliphatic rings. The number of allylic oxidation sites excluding steroid dienone is 2. The lowest BCUT2D eigenvalue weighted by atomic mass is 9.89. The fourth-order valence-electron chi connectivity index (χ4n) is 2.59. The molecule has 0 bridgehead atoms. The van der Waals surface area contributed by atoms with Crippen molar-refractivity contribution in [1.29, 1.82) is 0 Å². The highest BCUT2D eigenvalue weighted by Crippen LogP contribution is 2.29. The van der Waals surface area contributed by atoms with E-state index in [4.69, 9.17) is 11.6 Å². The van der Waals surface area contributed by atoms with Gasteiger partial charge in [-0.25, -0.2) is 0 Å². The van der Waals surface area contributed by atoms with Gasteiger partial charge in [0.25, 0.3) is 0 Å². The quantitative estimate of drug-likeness (QED) is 0.461. The van der Waals surface area contributed by atoms with Gasteiger partial charge in [-0.15, -0.1) is 0 Å². The Morgan fingerprint density at radius 3 is 2.50 bits per heavy atom. The van der Waals surface area contributed by atoms with Gasteiger partial charge in [0.2, 0.25) is 0 Å². The lowest BCUT2D eigenvalue weighted by Crippen LogP contribution is -2.01. The second-order valence-corrected chi connectivity index (χ2v) is 6.22. The second-order valence-electron chi connectivity index (χ2n) is 5.81. The number of hydrogen-bond acceptors (Lipinski definition) is 0. The van der Waals surface area contributed by atoms with Crippen LogP contribution in [0.15, 0.2) is 36.9 Å². The fraction of sp³-hybridized carbons (Fsp3) is 0.474. The average Bonchev–Trinajstić information content (AvgIpc) is 2.37. The van der Waals surface area contributed by atoms with Crippen molar-refractivity contribution in [1.82, 2.24) is 0 Å². The van der Waals surface area contributed by atoms with Gasteiger partial charge in [0.15, 0.2) is 0 Å². The standard InChI is InChI=1S/C19H27Cl/c1-6-8-17(14(2)3)10-7-9-16(5)18-12-11-15(4)13-19(18)20/h11-13,17H,2,5-10H2,1,3-4H3. The first-order valence-corrected chi connectivity index (χ1v) is 7.93. The summed E-state index contributed by atoms with van der Waals surface area (Å²) in [7, 11) is 0. The zero-order chi connectivity index (χ0) is 15.1. The maximum absolute atomic E-state index is 6.29. The molecule has 1 unspecified atom stereocenters. The molecule has 0 nitrogen and oxygen atoms in total. The van der Waals surface area contributed by atoms with E-state index in [2.05, 4.69) is 46.1 Å². The van der Waals surface area contributed by atoms with Gasteiger partial charge in [-0.2, -0.15) is 0 Å². The van der Waals surface area contributed by atoms with Crippen LogP contribution in [0.2, 0.25) is 5.02 Å². The maximum Gasteiger partial charge on any atom is 0.0483 e. The Kier molecular flexibility index (Phi) is 7.09. The summed E-state index contributed by atoms with van der Waals surface area (Å²) < 4.78 is 0. The van der Waals surface area contributed by atoms with Crippen LogP contribution in [0.4, 0.5) is 0 Å². The van der Waals surface area contributed by atoms with Gasteiger partial charge in [-0.3, -0.25) is 0 Å². The van der Waals surface area contributed by atoms with Crippen LogP contribution in [-0.2, 0) is 0 Å². The highest BCUT2D eigenvalue weighted by molar-refractivity contribution is 6.32. The highest BCUT2D eigenvalue weighted by Gasteiger charge is 2.10. The van der Waals surface area contributed by atoms with Crippen molar-refractivity contribution in [3.63, 3.8) is 0 Å². The molecule has 0 saturated carbocycles. The molecule has 0 amide bonds. The first-order chi connectivity index (χ1) is 9.45. The van der Waals surface area contributed by atoms with Crippen molar-refractivity contribution in [3.05, 3.63) is 53.1 Å². The third-order valence-electron chi connectivity index (χ3n) is 3.87. The zero-order valence-corrected chi connectivity index (χ0v) is 13.9. The summed E-state index contributed by atoms with van der Waals surface area (Å²) in [6, 6.07) is 6.19. The zero-order valence-electron chi connectivity index (χ0n) is 13.1. The molecule has 0 N–H and O–H groups in total. The second kappa shape index (κ2) is 8.32. The molecule has 0 radical (unpaired) electrons. The van der Waals surface area contributed by atoms with Crippen molar-refractivity contribution in [2.24, 2.45) is 5.92 Å². The summed E-state index contributed by atoms with van der Waals surface area (Å²) in [4.78, 5) is 0. The minimum Gasteiger partial charge on any atom is -0.0999 e. The molecule has 1 aromatic rings. The summed E-state index contributed by atoms with van der Waals surface area (Å²) in [6.45, 7) is 14.7. The Morgan fingerprint density at radius 2 is 1.95 bits per heavy atom. The van der Waals surface area contributed by atoms with E-state index in [1.54, 1.807) is 0 Å². The number of aryl methyl sites for hydroxylation is 1. The van der Waals surface area contributed by atoms with Crippen LogP contribution in [0, 0.1) is 12.8 Å². The van der Waals surface area contributed by atoms with Gasteiger partial charge >= 0.3 is 0 Å². The predicted molar refractivity (Wildman–Crippen MR) is 92.3 cm³/mol.